The Hall–Kier alpha value is -1.85. The Balaban J connectivity index is 1.92. The Bertz CT molecular complexity index is 619. The molecule has 1 heterocycles. The lowest BCUT2D eigenvalue weighted by Gasteiger charge is -2.06. The van der Waals surface area contributed by atoms with Gasteiger partial charge in [0, 0.05) is 35.8 Å². The molecule has 0 bridgehead atoms. The van der Waals surface area contributed by atoms with Crippen LogP contribution < -0.4 is 5.32 Å². The molecule has 0 atom stereocenters. The first-order valence-electron chi connectivity index (χ1n) is 7.07. The summed E-state index contributed by atoms with van der Waals surface area (Å²) >= 11 is 0. The van der Waals surface area contributed by atoms with Gasteiger partial charge < -0.3 is 19.8 Å². The molecule has 0 radical (unpaired) electrons. The SMILES string of the molecule is COCCOCCNC(=O)c1ccc2[nH]c(C)c(C)c2c1. The number of ether oxygens (including phenoxy) is 2. The van der Waals surface area contributed by atoms with Crippen molar-refractivity contribution < 1.29 is 14.3 Å². The zero-order chi connectivity index (χ0) is 15.2. The first-order valence-corrected chi connectivity index (χ1v) is 7.07. The quantitative estimate of drug-likeness (QED) is 0.768. The summed E-state index contributed by atoms with van der Waals surface area (Å²) in [7, 11) is 1.63. The first-order chi connectivity index (χ1) is 10.1. The van der Waals surface area contributed by atoms with Crippen molar-refractivity contribution in [2.24, 2.45) is 0 Å². The van der Waals surface area contributed by atoms with Crippen molar-refractivity contribution in [3.63, 3.8) is 0 Å². The standard InChI is InChI=1S/C16H22N2O3/c1-11-12(2)18-15-5-4-13(10-14(11)15)16(19)17-6-7-21-9-8-20-3/h4-5,10,18H,6-9H2,1-3H3,(H,17,19). The number of hydrogen-bond donors (Lipinski definition) is 2. The van der Waals surface area contributed by atoms with Gasteiger partial charge in [-0.15, -0.1) is 0 Å². The molecule has 1 aromatic heterocycles. The van der Waals surface area contributed by atoms with E-state index in [4.69, 9.17) is 9.47 Å². The van der Waals surface area contributed by atoms with E-state index in [-0.39, 0.29) is 5.91 Å². The van der Waals surface area contributed by atoms with Gasteiger partial charge in [0.2, 0.25) is 0 Å². The molecule has 0 aliphatic carbocycles. The highest BCUT2D eigenvalue weighted by molar-refractivity contribution is 5.99. The molecule has 0 aliphatic heterocycles. The fourth-order valence-electron chi connectivity index (χ4n) is 2.19. The molecular weight excluding hydrogens is 268 g/mol. The molecule has 5 nitrogen and oxygen atoms in total. The van der Waals surface area contributed by atoms with E-state index in [1.165, 1.54) is 5.56 Å². The highest BCUT2D eigenvalue weighted by Crippen LogP contribution is 2.22. The van der Waals surface area contributed by atoms with Crippen LogP contribution in [0.1, 0.15) is 21.6 Å². The second-order valence-electron chi connectivity index (χ2n) is 5.00. The Morgan fingerprint density at radius 1 is 1.24 bits per heavy atom. The minimum absolute atomic E-state index is 0.0782. The number of rotatable bonds is 7. The highest BCUT2D eigenvalue weighted by atomic mass is 16.5. The molecule has 21 heavy (non-hydrogen) atoms. The summed E-state index contributed by atoms with van der Waals surface area (Å²) in [6.07, 6.45) is 0. The second kappa shape index (κ2) is 7.24. The van der Waals surface area contributed by atoms with Crippen molar-refractivity contribution >= 4 is 16.8 Å². The van der Waals surface area contributed by atoms with E-state index in [0.717, 1.165) is 16.6 Å². The van der Waals surface area contributed by atoms with Crippen LogP contribution in [0.3, 0.4) is 0 Å². The predicted octanol–water partition coefficient (Wildman–Crippen LogP) is 2.18. The van der Waals surface area contributed by atoms with Crippen molar-refractivity contribution in [1.82, 2.24) is 10.3 Å². The molecule has 0 fully saturated rings. The average molecular weight is 290 g/mol. The summed E-state index contributed by atoms with van der Waals surface area (Å²) in [6.45, 7) is 6.17. The van der Waals surface area contributed by atoms with Crippen LogP contribution in [0.2, 0.25) is 0 Å². The van der Waals surface area contributed by atoms with E-state index < -0.39 is 0 Å². The number of aromatic amines is 1. The van der Waals surface area contributed by atoms with E-state index in [1.807, 2.05) is 25.1 Å². The molecule has 2 aromatic rings. The van der Waals surface area contributed by atoms with Gasteiger partial charge >= 0.3 is 0 Å². The van der Waals surface area contributed by atoms with Crippen LogP contribution >= 0.6 is 0 Å². The first kappa shape index (κ1) is 15.5. The van der Waals surface area contributed by atoms with Crippen LogP contribution in [0.4, 0.5) is 0 Å². The molecule has 0 aliphatic rings. The van der Waals surface area contributed by atoms with Crippen LogP contribution in [0.25, 0.3) is 10.9 Å². The Morgan fingerprint density at radius 2 is 2.05 bits per heavy atom. The number of amides is 1. The number of aryl methyl sites for hydroxylation is 2. The molecule has 1 amide bonds. The molecule has 1 aromatic carbocycles. The van der Waals surface area contributed by atoms with Crippen LogP contribution in [-0.2, 0) is 9.47 Å². The number of aromatic nitrogens is 1. The molecule has 0 spiro atoms. The number of benzene rings is 1. The lowest BCUT2D eigenvalue weighted by atomic mass is 10.1. The molecular formula is C16H22N2O3. The second-order valence-corrected chi connectivity index (χ2v) is 5.00. The zero-order valence-electron chi connectivity index (χ0n) is 12.8. The third-order valence-electron chi connectivity index (χ3n) is 3.53. The van der Waals surface area contributed by atoms with Gasteiger partial charge in [0.25, 0.3) is 5.91 Å². The van der Waals surface area contributed by atoms with Gasteiger partial charge in [0.05, 0.1) is 19.8 Å². The lowest BCUT2D eigenvalue weighted by molar-refractivity contribution is 0.0693. The zero-order valence-corrected chi connectivity index (χ0v) is 12.8. The van der Waals surface area contributed by atoms with Crippen molar-refractivity contribution in [3.05, 3.63) is 35.0 Å². The maximum Gasteiger partial charge on any atom is 0.251 e. The smallest absolute Gasteiger partial charge is 0.251 e. The van der Waals surface area contributed by atoms with Crippen molar-refractivity contribution in [1.29, 1.82) is 0 Å². The van der Waals surface area contributed by atoms with Gasteiger partial charge in [-0.2, -0.15) is 0 Å². The summed E-state index contributed by atoms with van der Waals surface area (Å²) in [5.41, 5.74) is 4.04. The maximum atomic E-state index is 12.1. The number of fused-ring (bicyclic) bond motifs is 1. The molecule has 5 heteroatoms. The molecule has 0 saturated carbocycles. The number of nitrogens with one attached hydrogen (secondary N) is 2. The Kier molecular flexibility index (Phi) is 5.36. The van der Waals surface area contributed by atoms with Gasteiger partial charge in [-0.25, -0.2) is 0 Å². The Morgan fingerprint density at radius 3 is 2.81 bits per heavy atom. The molecule has 0 saturated heterocycles. The highest BCUT2D eigenvalue weighted by Gasteiger charge is 2.09. The number of H-pyrrole nitrogens is 1. The third kappa shape index (κ3) is 3.83. The van der Waals surface area contributed by atoms with E-state index in [9.17, 15) is 4.79 Å². The number of carbonyl (C=O) groups is 1. The van der Waals surface area contributed by atoms with Gasteiger partial charge in [-0.1, -0.05) is 0 Å². The average Bonchev–Trinajstić information content (AvgIpc) is 2.77. The summed E-state index contributed by atoms with van der Waals surface area (Å²) in [5, 5.41) is 3.95. The van der Waals surface area contributed by atoms with Gasteiger partial charge in [-0.3, -0.25) is 4.79 Å². The van der Waals surface area contributed by atoms with Gasteiger partial charge in [-0.05, 0) is 37.6 Å². The maximum absolute atomic E-state index is 12.1. The van der Waals surface area contributed by atoms with Crippen molar-refractivity contribution in [3.8, 4) is 0 Å². The van der Waals surface area contributed by atoms with Crippen molar-refractivity contribution in [2.75, 3.05) is 33.5 Å². The minimum Gasteiger partial charge on any atom is -0.382 e. The number of hydrogen-bond acceptors (Lipinski definition) is 3. The third-order valence-corrected chi connectivity index (χ3v) is 3.53. The van der Waals surface area contributed by atoms with Crippen LogP contribution in [-0.4, -0.2) is 44.4 Å². The molecule has 0 unspecified atom stereocenters. The van der Waals surface area contributed by atoms with Crippen LogP contribution in [0.15, 0.2) is 18.2 Å². The molecule has 2 rings (SSSR count). The normalized spacial score (nSPS) is 11.0. The van der Waals surface area contributed by atoms with E-state index in [1.54, 1.807) is 7.11 Å². The monoisotopic (exact) mass is 290 g/mol. The predicted molar refractivity (Wildman–Crippen MR) is 82.8 cm³/mol. The number of methoxy groups -OCH3 is 1. The summed E-state index contributed by atoms with van der Waals surface area (Å²) in [6, 6.07) is 5.70. The summed E-state index contributed by atoms with van der Waals surface area (Å²) in [4.78, 5) is 15.4. The Labute approximate surface area is 124 Å². The van der Waals surface area contributed by atoms with Crippen LogP contribution in [0, 0.1) is 13.8 Å². The van der Waals surface area contributed by atoms with Gasteiger partial charge in [0.1, 0.15) is 0 Å². The molecule has 2 N–H and O–H groups in total. The molecule has 114 valence electrons. The summed E-state index contributed by atoms with van der Waals surface area (Å²) in [5.74, 6) is -0.0782. The topological polar surface area (TPSA) is 63.4 Å². The fraction of sp³-hybridized carbons (Fsp3) is 0.438. The van der Waals surface area contributed by atoms with E-state index in [0.29, 0.717) is 31.9 Å². The van der Waals surface area contributed by atoms with Crippen molar-refractivity contribution in [2.45, 2.75) is 13.8 Å². The van der Waals surface area contributed by atoms with Crippen LogP contribution in [0.5, 0.6) is 0 Å². The lowest BCUT2D eigenvalue weighted by Crippen LogP contribution is -2.27. The number of carbonyl (C=O) groups excluding carboxylic acids is 1. The largest absolute Gasteiger partial charge is 0.382 e. The van der Waals surface area contributed by atoms with Gasteiger partial charge in [0.15, 0.2) is 0 Å². The fourth-order valence-corrected chi connectivity index (χ4v) is 2.19. The van der Waals surface area contributed by atoms with E-state index >= 15 is 0 Å². The summed E-state index contributed by atoms with van der Waals surface area (Å²) < 4.78 is 10.2. The minimum atomic E-state index is -0.0782. The van der Waals surface area contributed by atoms with E-state index in [2.05, 4.69) is 17.2 Å².